The second-order valence-corrected chi connectivity index (χ2v) is 4.45. The molecule has 1 unspecified atom stereocenters. The molecule has 0 amide bonds. The van der Waals surface area contributed by atoms with Gasteiger partial charge in [-0.2, -0.15) is 13.2 Å². The van der Waals surface area contributed by atoms with E-state index >= 15 is 0 Å². The Hall–Kier alpha value is -0.770. The molecule has 0 aliphatic carbocycles. The van der Waals surface area contributed by atoms with Gasteiger partial charge in [0.2, 0.25) is 0 Å². The maximum Gasteiger partial charge on any atom is 0.416 e. The molecule has 4 N–H and O–H groups in total. The summed E-state index contributed by atoms with van der Waals surface area (Å²) in [6.45, 7) is -0.784. The molecule has 3 nitrogen and oxygen atoms in total. The molecule has 0 aliphatic rings. The summed E-state index contributed by atoms with van der Waals surface area (Å²) in [6.07, 6.45) is -7.24. The Morgan fingerprint density at radius 3 is 2.53 bits per heavy atom. The van der Waals surface area contributed by atoms with Crippen molar-refractivity contribution in [2.45, 2.75) is 12.3 Å². The first-order valence-corrected chi connectivity index (χ1v) is 5.53. The molecule has 1 atom stereocenters. The van der Waals surface area contributed by atoms with Crippen LogP contribution in [0.2, 0.25) is 0 Å². The second kappa shape index (κ2) is 5.25. The van der Waals surface area contributed by atoms with E-state index in [-0.39, 0.29) is 14.9 Å². The van der Waals surface area contributed by atoms with E-state index in [0.29, 0.717) is 0 Å². The third kappa shape index (κ3) is 3.87. The highest BCUT2D eigenvalue weighted by molar-refractivity contribution is 14.1. The molecule has 0 saturated carbocycles. The highest BCUT2D eigenvalue weighted by Crippen LogP contribution is 2.25. The van der Waals surface area contributed by atoms with Crippen LogP contribution < -0.4 is 11.1 Å². The van der Waals surface area contributed by atoms with Crippen molar-refractivity contribution in [3.8, 4) is 0 Å². The Morgan fingerprint density at radius 2 is 2.00 bits per heavy atom. The molecule has 0 saturated heterocycles. The Kier molecular flexibility index (Phi) is 4.42. The van der Waals surface area contributed by atoms with Gasteiger partial charge in [-0.1, -0.05) is 0 Å². The summed E-state index contributed by atoms with van der Waals surface area (Å²) in [5.74, 6) is -0.594. The van der Waals surface area contributed by atoms with Crippen molar-refractivity contribution in [2.24, 2.45) is 0 Å². The zero-order valence-corrected chi connectivity index (χ0v) is 10.5. The minimum Gasteiger partial charge on any atom is -0.397 e. The van der Waals surface area contributed by atoms with E-state index in [4.69, 9.17) is 10.8 Å². The van der Waals surface area contributed by atoms with Crippen molar-refractivity contribution < 1.29 is 22.7 Å². The molecule has 0 radical (unpaired) electrons. The van der Waals surface area contributed by atoms with Crippen LogP contribution in [0.3, 0.4) is 0 Å². The van der Waals surface area contributed by atoms with Gasteiger partial charge in [0.15, 0.2) is 6.10 Å². The Morgan fingerprint density at radius 1 is 1.41 bits per heavy atom. The fourth-order valence-corrected chi connectivity index (χ4v) is 1.53. The largest absolute Gasteiger partial charge is 0.416 e. The fraction of sp³-hybridized carbons (Fsp3) is 0.333. The molecule has 0 bridgehead atoms. The summed E-state index contributed by atoms with van der Waals surface area (Å²) >= 11 is 1.71. The number of aliphatic hydroxyl groups is 1. The van der Waals surface area contributed by atoms with Crippen LogP contribution in [-0.4, -0.2) is 23.9 Å². The van der Waals surface area contributed by atoms with Gasteiger partial charge in [-0.15, -0.1) is 0 Å². The molecule has 1 rings (SSSR count). The second-order valence-electron chi connectivity index (χ2n) is 3.29. The third-order valence-corrected chi connectivity index (χ3v) is 2.78. The summed E-state index contributed by atoms with van der Waals surface area (Å²) in [5, 5.41) is 11.0. The number of anilines is 2. The van der Waals surface area contributed by atoms with Crippen molar-refractivity contribution in [3.63, 3.8) is 0 Å². The number of nitrogen functional groups attached to an aromatic ring is 1. The van der Waals surface area contributed by atoms with Gasteiger partial charge in [-0.25, -0.2) is 4.39 Å². The summed E-state index contributed by atoms with van der Waals surface area (Å²) in [4.78, 5) is 0. The summed E-state index contributed by atoms with van der Waals surface area (Å²) in [5.41, 5.74) is 5.62. The molecule has 0 heterocycles. The number of aliphatic hydroxyl groups excluding tert-OH is 1. The van der Waals surface area contributed by atoms with Crippen LogP contribution in [0.25, 0.3) is 0 Å². The molecule has 96 valence electrons. The predicted octanol–water partition coefficient (Wildman–Crippen LogP) is 2.35. The smallest absolute Gasteiger partial charge is 0.397 e. The number of hydrogen-bond donors (Lipinski definition) is 3. The molecule has 1 aromatic rings. The number of rotatable bonds is 3. The quantitative estimate of drug-likeness (QED) is 0.439. The van der Waals surface area contributed by atoms with E-state index < -0.39 is 24.6 Å². The molecule has 0 aromatic heterocycles. The van der Waals surface area contributed by atoms with E-state index in [1.165, 1.54) is 6.07 Å². The lowest BCUT2D eigenvalue weighted by molar-refractivity contribution is -0.198. The van der Waals surface area contributed by atoms with Crippen molar-refractivity contribution in [1.29, 1.82) is 0 Å². The Bertz CT molecular complexity index is 411. The first-order valence-electron chi connectivity index (χ1n) is 4.45. The van der Waals surface area contributed by atoms with Crippen molar-refractivity contribution in [2.75, 3.05) is 17.6 Å². The molecular weight excluding hydrogens is 355 g/mol. The van der Waals surface area contributed by atoms with Crippen molar-refractivity contribution in [1.82, 2.24) is 0 Å². The molecule has 8 heteroatoms. The van der Waals surface area contributed by atoms with Gasteiger partial charge in [0.1, 0.15) is 5.82 Å². The number of nitrogens with two attached hydrogens (primary N) is 1. The molecule has 0 aliphatic heterocycles. The normalized spacial score (nSPS) is 13.5. The molecule has 0 spiro atoms. The van der Waals surface area contributed by atoms with Gasteiger partial charge in [0, 0.05) is 12.6 Å². The summed E-state index contributed by atoms with van der Waals surface area (Å²) < 4.78 is 49.4. The highest BCUT2D eigenvalue weighted by Gasteiger charge is 2.37. The minimum absolute atomic E-state index is 0.0196. The average Bonchev–Trinajstić information content (AvgIpc) is 2.19. The number of nitrogens with one attached hydrogen (secondary N) is 1. The van der Waals surface area contributed by atoms with Gasteiger partial charge < -0.3 is 16.2 Å². The lowest BCUT2D eigenvalue weighted by Gasteiger charge is -2.16. The number of halogens is 5. The van der Waals surface area contributed by atoms with Crippen molar-refractivity contribution in [3.05, 3.63) is 21.5 Å². The topological polar surface area (TPSA) is 58.3 Å². The monoisotopic (exact) mass is 364 g/mol. The van der Waals surface area contributed by atoms with Crippen LogP contribution in [0.5, 0.6) is 0 Å². The van der Waals surface area contributed by atoms with Crippen LogP contribution in [0.15, 0.2) is 12.1 Å². The predicted molar refractivity (Wildman–Crippen MR) is 64.1 cm³/mol. The van der Waals surface area contributed by atoms with E-state index in [9.17, 15) is 17.6 Å². The molecule has 17 heavy (non-hydrogen) atoms. The number of benzene rings is 1. The summed E-state index contributed by atoms with van der Waals surface area (Å²) in [7, 11) is 0. The highest BCUT2D eigenvalue weighted by atomic mass is 127. The molecule has 0 fully saturated rings. The van der Waals surface area contributed by atoms with Gasteiger partial charge in [0.25, 0.3) is 0 Å². The van der Waals surface area contributed by atoms with Crippen LogP contribution >= 0.6 is 22.6 Å². The molecular formula is C9H9F4IN2O. The standard InChI is InChI=1S/C9H9F4IN2O/c10-4-1-7(6(15)2-5(4)14)16-3-8(17)9(11,12)13/h1-2,8,16-17H,3,15H2. The van der Waals surface area contributed by atoms with Crippen LogP contribution in [0.4, 0.5) is 28.9 Å². The fourth-order valence-electron chi connectivity index (χ4n) is 1.04. The zero-order valence-electron chi connectivity index (χ0n) is 8.35. The number of alkyl halides is 3. The first-order chi connectivity index (χ1) is 7.71. The Labute approximate surface area is 108 Å². The average molecular weight is 364 g/mol. The third-order valence-electron chi connectivity index (χ3n) is 1.96. The van der Waals surface area contributed by atoms with E-state index in [1.54, 1.807) is 22.6 Å². The maximum atomic E-state index is 13.1. The van der Waals surface area contributed by atoms with Gasteiger partial charge in [-0.3, -0.25) is 0 Å². The van der Waals surface area contributed by atoms with Crippen LogP contribution in [-0.2, 0) is 0 Å². The van der Waals surface area contributed by atoms with Crippen molar-refractivity contribution >= 4 is 34.0 Å². The molecule has 1 aromatic carbocycles. The lowest BCUT2D eigenvalue weighted by atomic mass is 10.2. The zero-order chi connectivity index (χ0) is 13.2. The van der Waals surface area contributed by atoms with Crippen LogP contribution in [0.1, 0.15) is 0 Å². The minimum atomic E-state index is -4.72. The van der Waals surface area contributed by atoms with E-state index in [2.05, 4.69) is 5.32 Å². The maximum absolute atomic E-state index is 13.1. The van der Waals surface area contributed by atoms with Crippen LogP contribution in [0, 0.1) is 9.39 Å². The van der Waals surface area contributed by atoms with E-state index in [1.807, 2.05) is 0 Å². The number of hydrogen-bond acceptors (Lipinski definition) is 3. The SMILES string of the molecule is Nc1cc(I)c(F)cc1NCC(O)C(F)(F)F. The Balaban J connectivity index is 2.73. The van der Waals surface area contributed by atoms with E-state index in [0.717, 1.165) is 6.07 Å². The first kappa shape index (κ1) is 14.3. The lowest BCUT2D eigenvalue weighted by Crippen LogP contribution is -2.35. The van der Waals surface area contributed by atoms with Gasteiger partial charge in [0.05, 0.1) is 14.9 Å². The van der Waals surface area contributed by atoms with Gasteiger partial charge in [-0.05, 0) is 28.7 Å². The van der Waals surface area contributed by atoms with Gasteiger partial charge >= 0.3 is 6.18 Å². The summed E-state index contributed by atoms with van der Waals surface area (Å²) in [6, 6.07) is 2.28.